The number of hydrogen-bond donors (Lipinski definition) is 1. The third-order valence-corrected chi connectivity index (χ3v) is 4.80. The molecule has 1 N–H and O–H groups in total. The molecule has 0 saturated carbocycles. The summed E-state index contributed by atoms with van der Waals surface area (Å²) in [5, 5.41) is 9.28. The quantitative estimate of drug-likeness (QED) is 0.896. The van der Waals surface area contributed by atoms with Crippen LogP contribution in [0.5, 0.6) is 5.75 Å². The lowest BCUT2D eigenvalue weighted by atomic mass is 10.0. The lowest BCUT2D eigenvalue weighted by Crippen LogP contribution is -2.32. The van der Waals surface area contributed by atoms with Gasteiger partial charge in [-0.1, -0.05) is 29.8 Å². The Hall–Kier alpha value is -2.37. The molecule has 2 aromatic rings. The maximum atomic E-state index is 13.0. The predicted octanol–water partition coefficient (Wildman–Crippen LogP) is 2.71. The van der Waals surface area contributed by atoms with Crippen molar-refractivity contribution < 1.29 is 19.4 Å². The molecule has 3 rings (SSSR count). The molecular formula is C21H25NO4. The van der Waals surface area contributed by atoms with E-state index in [1.807, 2.05) is 56.3 Å². The van der Waals surface area contributed by atoms with Crippen LogP contribution in [0.3, 0.4) is 0 Å². The first-order valence-electron chi connectivity index (χ1n) is 8.77. The number of carbonyl (C=O) groups is 1. The number of rotatable bonds is 5. The molecule has 0 radical (unpaired) electrons. The van der Waals surface area contributed by atoms with E-state index in [-0.39, 0.29) is 24.7 Å². The van der Waals surface area contributed by atoms with Gasteiger partial charge in [0.15, 0.2) is 0 Å². The highest BCUT2D eigenvalue weighted by molar-refractivity contribution is 5.96. The number of aliphatic hydroxyl groups excluding tert-OH is 1. The number of aryl methyl sites for hydroxylation is 2. The molecule has 1 saturated heterocycles. The van der Waals surface area contributed by atoms with E-state index in [1.165, 1.54) is 0 Å². The third-order valence-electron chi connectivity index (χ3n) is 4.80. The van der Waals surface area contributed by atoms with Crippen LogP contribution in [0.2, 0.25) is 0 Å². The zero-order chi connectivity index (χ0) is 18.7. The second-order valence-corrected chi connectivity index (χ2v) is 6.76. The van der Waals surface area contributed by atoms with Crippen molar-refractivity contribution in [3.8, 4) is 5.75 Å². The van der Waals surface area contributed by atoms with Crippen LogP contribution in [0.15, 0.2) is 42.5 Å². The Morgan fingerprint density at radius 3 is 2.65 bits per heavy atom. The first kappa shape index (κ1) is 18.4. The monoisotopic (exact) mass is 355 g/mol. The van der Waals surface area contributed by atoms with Crippen molar-refractivity contribution in [1.29, 1.82) is 0 Å². The van der Waals surface area contributed by atoms with Crippen molar-refractivity contribution in [3.63, 3.8) is 0 Å². The molecule has 5 nitrogen and oxygen atoms in total. The lowest BCUT2D eigenvalue weighted by molar-refractivity contribution is 0.0339. The van der Waals surface area contributed by atoms with Crippen LogP contribution in [0.4, 0.5) is 0 Å². The summed E-state index contributed by atoms with van der Waals surface area (Å²) in [5.41, 5.74) is 3.55. The van der Waals surface area contributed by atoms with Crippen LogP contribution >= 0.6 is 0 Å². The van der Waals surface area contributed by atoms with E-state index in [1.54, 1.807) is 12.0 Å². The normalized spacial score (nSPS) is 19.6. The van der Waals surface area contributed by atoms with Crippen molar-refractivity contribution in [2.24, 2.45) is 0 Å². The van der Waals surface area contributed by atoms with Gasteiger partial charge in [0.2, 0.25) is 0 Å². The number of nitrogens with zero attached hydrogens (tertiary/aromatic N) is 1. The lowest BCUT2D eigenvalue weighted by Gasteiger charge is -2.19. The molecule has 0 unspecified atom stereocenters. The minimum atomic E-state index is -0.247. The van der Waals surface area contributed by atoms with Crippen LogP contribution < -0.4 is 4.74 Å². The fraction of sp³-hybridized carbons (Fsp3) is 0.381. The Morgan fingerprint density at radius 1 is 1.15 bits per heavy atom. The predicted molar refractivity (Wildman–Crippen MR) is 99.4 cm³/mol. The number of carbonyl (C=O) groups excluding carboxylic acids is 1. The van der Waals surface area contributed by atoms with Gasteiger partial charge >= 0.3 is 0 Å². The molecule has 5 heteroatoms. The summed E-state index contributed by atoms with van der Waals surface area (Å²) in [6, 6.07) is 13.2. The maximum Gasteiger partial charge on any atom is 0.254 e. The average Bonchev–Trinajstić information content (AvgIpc) is 3.06. The Kier molecular flexibility index (Phi) is 5.59. The van der Waals surface area contributed by atoms with E-state index in [0.717, 1.165) is 22.3 Å². The zero-order valence-corrected chi connectivity index (χ0v) is 15.4. The maximum absolute atomic E-state index is 13.0. The summed E-state index contributed by atoms with van der Waals surface area (Å²) in [6.45, 7) is 4.86. The molecule has 0 spiro atoms. The van der Waals surface area contributed by atoms with Crippen molar-refractivity contribution in [1.82, 2.24) is 4.90 Å². The smallest absolute Gasteiger partial charge is 0.254 e. The second kappa shape index (κ2) is 7.89. The highest BCUT2D eigenvalue weighted by atomic mass is 16.5. The molecule has 1 aliphatic heterocycles. The molecule has 1 aliphatic rings. The Balaban J connectivity index is 1.76. The Morgan fingerprint density at radius 2 is 1.92 bits per heavy atom. The molecule has 0 bridgehead atoms. The summed E-state index contributed by atoms with van der Waals surface area (Å²) in [4.78, 5) is 14.7. The number of amides is 1. The summed E-state index contributed by atoms with van der Waals surface area (Å²) in [5.74, 6) is 0.674. The van der Waals surface area contributed by atoms with Gasteiger partial charge < -0.3 is 19.5 Å². The number of ether oxygens (including phenoxy) is 2. The van der Waals surface area contributed by atoms with Crippen molar-refractivity contribution in [2.75, 3.05) is 20.2 Å². The van der Waals surface area contributed by atoms with Crippen LogP contribution in [-0.4, -0.2) is 48.3 Å². The molecular weight excluding hydrogens is 330 g/mol. The van der Waals surface area contributed by atoms with E-state index in [0.29, 0.717) is 18.8 Å². The first-order chi connectivity index (χ1) is 12.5. The summed E-state index contributed by atoms with van der Waals surface area (Å²) in [7, 11) is 1.64. The number of methoxy groups -OCH3 is 1. The van der Waals surface area contributed by atoms with Crippen LogP contribution in [0.1, 0.15) is 27.0 Å². The third kappa shape index (κ3) is 3.89. The van der Waals surface area contributed by atoms with Crippen molar-refractivity contribution >= 4 is 5.91 Å². The molecule has 1 heterocycles. The number of likely N-dealkylation sites (tertiary alicyclic amines) is 1. The van der Waals surface area contributed by atoms with Crippen molar-refractivity contribution in [2.45, 2.75) is 32.7 Å². The summed E-state index contributed by atoms with van der Waals surface area (Å²) in [6.07, 6.45) is -0.440. The SMILES string of the molecule is CO[C@@H]1CN(C(=O)c2cc(C)ccc2C)C[C@H]1Oc1cccc(CO)c1. The van der Waals surface area contributed by atoms with E-state index < -0.39 is 0 Å². The van der Waals surface area contributed by atoms with Gasteiger partial charge in [-0.15, -0.1) is 0 Å². The van der Waals surface area contributed by atoms with Crippen LogP contribution in [0, 0.1) is 13.8 Å². The minimum absolute atomic E-state index is 0.00320. The highest BCUT2D eigenvalue weighted by Gasteiger charge is 2.37. The molecule has 0 aromatic heterocycles. The van der Waals surface area contributed by atoms with Gasteiger partial charge in [0, 0.05) is 12.7 Å². The van der Waals surface area contributed by atoms with E-state index in [9.17, 15) is 9.90 Å². The molecule has 2 aromatic carbocycles. The topological polar surface area (TPSA) is 59.0 Å². The molecule has 2 atom stereocenters. The average molecular weight is 355 g/mol. The number of hydrogen-bond acceptors (Lipinski definition) is 4. The van der Waals surface area contributed by atoms with Gasteiger partial charge in [-0.25, -0.2) is 0 Å². The van der Waals surface area contributed by atoms with Gasteiger partial charge in [0.25, 0.3) is 5.91 Å². The Labute approximate surface area is 154 Å². The van der Waals surface area contributed by atoms with Crippen molar-refractivity contribution in [3.05, 3.63) is 64.7 Å². The fourth-order valence-corrected chi connectivity index (χ4v) is 3.28. The van der Waals surface area contributed by atoms with E-state index in [2.05, 4.69) is 0 Å². The molecule has 26 heavy (non-hydrogen) atoms. The molecule has 1 amide bonds. The highest BCUT2D eigenvalue weighted by Crippen LogP contribution is 2.24. The second-order valence-electron chi connectivity index (χ2n) is 6.76. The number of aliphatic hydroxyl groups is 1. The summed E-state index contributed by atoms with van der Waals surface area (Å²) >= 11 is 0. The fourth-order valence-electron chi connectivity index (χ4n) is 3.28. The number of benzene rings is 2. The van der Waals surface area contributed by atoms with E-state index in [4.69, 9.17) is 9.47 Å². The van der Waals surface area contributed by atoms with Crippen LogP contribution in [-0.2, 0) is 11.3 Å². The Bertz CT molecular complexity index is 789. The van der Waals surface area contributed by atoms with Gasteiger partial charge in [0.05, 0.1) is 19.7 Å². The van der Waals surface area contributed by atoms with Gasteiger partial charge in [-0.05, 0) is 43.2 Å². The van der Waals surface area contributed by atoms with Gasteiger partial charge in [0.1, 0.15) is 18.0 Å². The van der Waals surface area contributed by atoms with Gasteiger partial charge in [-0.2, -0.15) is 0 Å². The molecule has 138 valence electrons. The zero-order valence-electron chi connectivity index (χ0n) is 15.4. The minimum Gasteiger partial charge on any atom is -0.486 e. The van der Waals surface area contributed by atoms with E-state index >= 15 is 0 Å². The van der Waals surface area contributed by atoms with Gasteiger partial charge in [-0.3, -0.25) is 4.79 Å². The molecule has 0 aliphatic carbocycles. The largest absolute Gasteiger partial charge is 0.486 e. The van der Waals surface area contributed by atoms with Crippen LogP contribution in [0.25, 0.3) is 0 Å². The first-order valence-corrected chi connectivity index (χ1v) is 8.77. The summed E-state index contributed by atoms with van der Waals surface area (Å²) < 4.78 is 11.6. The standard InChI is InChI=1S/C21H25NO4/c1-14-7-8-15(2)18(9-14)21(24)22-11-19(25-3)20(12-22)26-17-6-4-5-16(10-17)13-23/h4-10,19-20,23H,11-13H2,1-3H3/t19-,20-/m1/s1. The molecule has 1 fully saturated rings.